The van der Waals surface area contributed by atoms with Gasteiger partial charge in [-0.3, -0.25) is 20.9 Å². The molecule has 0 bridgehead atoms. The molecule has 5 aliphatic rings. The summed E-state index contributed by atoms with van der Waals surface area (Å²) < 4.78 is 308. The van der Waals surface area contributed by atoms with E-state index < -0.39 is 237 Å². The van der Waals surface area contributed by atoms with E-state index in [0.717, 1.165) is 49.8 Å². The Balaban J connectivity index is 1.59. The Morgan fingerprint density at radius 2 is 0.674 bits per heavy atom. The van der Waals surface area contributed by atoms with Crippen LogP contribution in [-0.4, -0.2) is 313 Å². The molecule has 1 unspecified atom stereocenters. The predicted molar refractivity (Wildman–Crippen MR) is 261 cm³/mol. The first kappa shape index (κ1) is 77.3. The summed E-state index contributed by atoms with van der Waals surface area (Å²) in [4.78, 5) is 26.3. The zero-order valence-electron chi connectivity index (χ0n) is 48.3. The van der Waals surface area contributed by atoms with Crippen LogP contribution >= 0.6 is 0 Å². The zero-order chi connectivity index (χ0) is 67.1. The van der Waals surface area contributed by atoms with Crippen molar-refractivity contribution >= 4 is 63.9 Å². The van der Waals surface area contributed by atoms with Crippen LogP contribution in [0.25, 0.3) is 0 Å². The molecule has 522 valence electrons. The van der Waals surface area contributed by atoms with Gasteiger partial charge in [0.15, 0.2) is 31.3 Å². The largest absolute Gasteiger partial charge is 0.726 e. The molecule has 42 nitrogen and oxygen atoms in total. The molecule has 0 aliphatic carbocycles. The molecule has 25 atom stereocenters. The number of ether oxygens (including phenoxy) is 18. The molecule has 89 heavy (non-hydrogen) atoms. The second-order valence-electron chi connectivity index (χ2n) is 19.7. The van der Waals surface area contributed by atoms with E-state index in [-0.39, 0.29) is 6.61 Å². The maximum atomic E-state index is 13.2. The van der Waals surface area contributed by atoms with E-state index in [1.165, 1.54) is 14.0 Å². The highest BCUT2D eigenvalue weighted by atomic mass is 32.3. The Hall–Kier alpha value is -2.43. The minimum Gasteiger partial charge on any atom is -0.726 e. The number of hydrogen-bond donors (Lipinski definition) is 0. The molecule has 0 aromatic rings. The fraction of sp³-hybridized carbons (Fsp3) is 0.952. The minimum atomic E-state index is -6.39. The van der Waals surface area contributed by atoms with E-state index in [2.05, 4.69) is 16.7 Å². The highest BCUT2D eigenvalue weighted by Crippen LogP contribution is 2.41. The van der Waals surface area contributed by atoms with Gasteiger partial charge in [0, 0.05) is 56.9 Å². The average Bonchev–Trinajstić information content (AvgIpc) is 0.804. The van der Waals surface area contributed by atoms with Crippen LogP contribution in [0.15, 0.2) is 0 Å². The molecule has 5 heterocycles. The maximum Gasteiger partial charge on any atom is 0.218 e. The first-order valence-electron chi connectivity index (χ1n) is 25.6. The Morgan fingerprint density at radius 1 is 0.371 bits per heavy atom. The van der Waals surface area contributed by atoms with Crippen molar-refractivity contribution in [3.63, 3.8) is 0 Å². The van der Waals surface area contributed by atoms with Gasteiger partial charge in [0.05, 0.1) is 44.0 Å². The van der Waals surface area contributed by atoms with Crippen molar-refractivity contribution < 1.29 is 191 Å². The number of rotatable bonds is 33. The number of carboxylic acid groups (broad SMARTS) is 2. The van der Waals surface area contributed by atoms with E-state index >= 15 is 0 Å². The molecule has 0 saturated carbocycles. The molecular weight excluding hydrogens is 1340 g/mol. The van der Waals surface area contributed by atoms with Gasteiger partial charge in [0.2, 0.25) is 52.0 Å². The van der Waals surface area contributed by atoms with Gasteiger partial charge >= 0.3 is 0 Å². The summed E-state index contributed by atoms with van der Waals surface area (Å²) in [7, 11) is -21.6. The lowest BCUT2D eigenvalue weighted by molar-refractivity contribution is -0.400. The van der Waals surface area contributed by atoms with Gasteiger partial charge in [-0.1, -0.05) is 0 Å². The fourth-order valence-corrected chi connectivity index (χ4v) is 12.6. The van der Waals surface area contributed by atoms with Gasteiger partial charge in [0.1, 0.15) is 116 Å². The van der Waals surface area contributed by atoms with Gasteiger partial charge in [-0.05, 0) is 20.8 Å². The molecule has 5 fully saturated rings. The van der Waals surface area contributed by atoms with Crippen molar-refractivity contribution in [2.45, 2.75) is 180 Å². The monoisotopic (exact) mass is 1400 g/mol. The second-order valence-corrected chi connectivity index (χ2v) is 24.8. The van der Waals surface area contributed by atoms with Crippen molar-refractivity contribution in [2.75, 3.05) is 76.7 Å². The lowest BCUT2D eigenvalue weighted by atomic mass is 9.94. The zero-order valence-corrected chi connectivity index (χ0v) is 52.4. The third-order valence-electron chi connectivity index (χ3n) is 13.8. The third kappa shape index (κ3) is 20.8. The van der Waals surface area contributed by atoms with Crippen molar-refractivity contribution in [3.05, 3.63) is 0 Å². The first-order chi connectivity index (χ1) is 41.3. The van der Waals surface area contributed by atoms with Crippen LogP contribution in [0.1, 0.15) is 20.8 Å². The summed E-state index contributed by atoms with van der Waals surface area (Å²) in [5, 5.41) is 26.3. The molecular formula is C42H65O42S5-7. The molecule has 5 aliphatic heterocycles. The van der Waals surface area contributed by atoms with Crippen molar-refractivity contribution in [2.24, 2.45) is 0 Å². The lowest BCUT2D eigenvalue weighted by Crippen LogP contribution is -2.70. The molecule has 0 aromatic heterocycles. The Kier molecular flexibility index (Phi) is 28.1. The standard InChI is InChI=1S/C42H72O42S5/c1-15(2)72-21-18(13-70-85(47,48)49)74-39(33(67-9)25(21)64-6)78-28-26(65-7)35(69-11)41(81-31(28)37(43)44)77-23-19(14-71-86(50,51)52)75-42(36(84-89(59,60)61)30(23)83-88(56,57)58)79-29-27(66-8)34(68-10)40(80-32(29)38(45)46)76-22-17(12-62-4)73-16(3)20(24(22)63-5)82-87(53,54)55/h15-36,39-42H,12-14H2,1-11H3,(H,43,44)(H,45,46)(H,47,48,49)(H,50,51,52)(H,53,54,55)(H,56,57,58)(H,59,60,61)/p-7/t16-,17-,18-,19-,20+,21-,22-,23-,24-,25+,26+,27+,28+,29+,30+,31+,32?,33-,34-,35-,36-,39-,40-,41-,42-/m1/s1. The number of carboxylic acids is 2. The van der Waals surface area contributed by atoms with Crippen molar-refractivity contribution in [1.82, 2.24) is 0 Å². The Morgan fingerprint density at radius 3 is 1.02 bits per heavy atom. The summed E-state index contributed by atoms with van der Waals surface area (Å²) in [5.74, 6) is -4.53. The summed E-state index contributed by atoms with van der Waals surface area (Å²) in [5.41, 5.74) is 0. The van der Waals surface area contributed by atoms with Crippen LogP contribution in [0.5, 0.6) is 0 Å². The molecule has 5 saturated heterocycles. The number of hydrogen-bond acceptors (Lipinski definition) is 42. The fourth-order valence-electron chi connectivity index (χ4n) is 10.5. The second kappa shape index (κ2) is 32.3. The summed E-state index contributed by atoms with van der Waals surface area (Å²) in [6.07, 6.45) is -52.9. The molecule has 0 N–H and O–H groups in total. The quantitative estimate of drug-likeness (QED) is 0.0435. The smallest absolute Gasteiger partial charge is 0.218 e. The number of aliphatic carboxylic acids is 2. The third-order valence-corrected chi connectivity index (χ3v) is 16.0. The van der Waals surface area contributed by atoms with Gasteiger partial charge in [0.25, 0.3) is 0 Å². The van der Waals surface area contributed by atoms with Gasteiger partial charge in [-0.25, -0.2) is 42.1 Å². The number of methoxy groups -OCH3 is 8. The van der Waals surface area contributed by atoms with Gasteiger partial charge in [-0.2, -0.15) is 0 Å². The van der Waals surface area contributed by atoms with E-state index in [1.807, 2.05) is 0 Å². The molecule has 0 spiro atoms. The van der Waals surface area contributed by atoms with Crippen LogP contribution in [-0.2, 0) is 168 Å². The SMILES string of the molecule is COC[C@H]1O[C@H](C)[C@H](OS(=O)(=O)[O-])[C@@H](OC)[C@@H]1O[C@@H]1OC(C(=O)[O-])[C@@H](O[C@H]2O[C@H](COS(=O)(=O)[O-])[C@@H](O[C@@H]3O[C@H](C(=O)[O-])[C@@H](O[C@H]4O[C@H](COS(=O)(=O)[O-])[C@@H](OC(C)C)[C@H](OC)[C@H]4OC)[C@H](OC)[C@H]3OC)[C@H](OS(=O)(=O)[O-])[C@H]2OS(=O)(=O)[O-])[C@H](OC)[C@H]1OC. The summed E-state index contributed by atoms with van der Waals surface area (Å²) in [6, 6.07) is 0. The average molecular weight is 1400 g/mol. The van der Waals surface area contributed by atoms with Gasteiger partial charge < -0.3 is 128 Å². The van der Waals surface area contributed by atoms with Crippen LogP contribution < -0.4 is 10.2 Å². The Bertz CT molecular complexity index is 2870. The van der Waals surface area contributed by atoms with E-state index in [0.29, 0.717) is 0 Å². The molecule has 0 radical (unpaired) electrons. The maximum absolute atomic E-state index is 13.2. The molecule has 5 rings (SSSR count). The van der Waals surface area contributed by atoms with E-state index in [1.54, 1.807) is 13.8 Å². The van der Waals surface area contributed by atoms with Crippen LogP contribution in [0, 0.1) is 0 Å². The van der Waals surface area contributed by atoms with Crippen LogP contribution in [0.3, 0.4) is 0 Å². The molecule has 47 heteroatoms. The van der Waals surface area contributed by atoms with Crippen LogP contribution in [0.4, 0.5) is 0 Å². The first-order valence-corrected chi connectivity index (χ1v) is 32.2. The highest BCUT2D eigenvalue weighted by Gasteiger charge is 2.60. The number of carbonyl (C=O) groups excluding carboxylic acids is 2. The predicted octanol–water partition coefficient (Wildman–Crippen LogP) is -9.25. The van der Waals surface area contributed by atoms with Crippen molar-refractivity contribution in [3.8, 4) is 0 Å². The Labute approximate surface area is 509 Å². The van der Waals surface area contributed by atoms with E-state index in [9.17, 15) is 84.7 Å². The normalized spacial score (nSPS) is 38.8. The molecule has 0 amide bonds. The summed E-state index contributed by atoms with van der Waals surface area (Å²) >= 11 is 0. The highest BCUT2D eigenvalue weighted by molar-refractivity contribution is 7.81. The topological polar surface area (TPSA) is 579 Å². The lowest BCUT2D eigenvalue weighted by Gasteiger charge is -2.52. The van der Waals surface area contributed by atoms with Crippen molar-refractivity contribution in [1.29, 1.82) is 0 Å². The van der Waals surface area contributed by atoms with Gasteiger partial charge in [-0.15, -0.1) is 0 Å². The molecule has 0 aromatic carbocycles. The van der Waals surface area contributed by atoms with E-state index in [4.69, 9.17) is 89.4 Å². The number of carbonyl (C=O) groups is 2. The minimum absolute atomic E-state index is 0.385. The van der Waals surface area contributed by atoms with Crippen LogP contribution in [0.2, 0.25) is 0 Å². The summed E-state index contributed by atoms with van der Waals surface area (Å²) in [6.45, 7) is 1.18.